The van der Waals surface area contributed by atoms with Gasteiger partial charge in [0.1, 0.15) is 5.69 Å². The van der Waals surface area contributed by atoms with E-state index in [-0.39, 0.29) is 11.6 Å². The molecule has 1 aliphatic rings. The summed E-state index contributed by atoms with van der Waals surface area (Å²) >= 11 is 0. The van der Waals surface area contributed by atoms with E-state index in [2.05, 4.69) is 0 Å². The Kier molecular flexibility index (Phi) is 1.75. The summed E-state index contributed by atoms with van der Waals surface area (Å²) in [6.07, 6.45) is 0. The van der Waals surface area contributed by atoms with Gasteiger partial charge >= 0.3 is 0 Å². The molecule has 0 saturated carbocycles. The average molecular weight is 228 g/mol. The van der Waals surface area contributed by atoms with Crippen LogP contribution in [-0.4, -0.2) is 17.9 Å². The second-order valence-electron chi connectivity index (χ2n) is 3.96. The van der Waals surface area contributed by atoms with Crippen LogP contribution in [-0.2, 0) is 0 Å². The van der Waals surface area contributed by atoms with E-state index in [0.717, 1.165) is 5.39 Å². The van der Waals surface area contributed by atoms with Crippen LogP contribution in [0.1, 0.15) is 10.4 Å². The number of carbonyl (C=O) groups excluding carboxylic acids is 1. The van der Waals surface area contributed by atoms with Gasteiger partial charge in [0.15, 0.2) is 0 Å². The van der Waals surface area contributed by atoms with Crippen LogP contribution in [0.3, 0.4) is 0 Å². The molecule has 1 heterocycles. The van der Waals surface area contributed by atoms with Crippen molar-refractivity contribution in [2.24, 2.45) is 0 Å². The maximum absolute atomic E-state index is 12.0. The van der Waals surface area contributed by atoms with E-state index in [1.807, 2.05) is 6.07 Å². The molecule has 84 valence electrons. The molecular weight excluding hydrogens is 220 g/mol. The van der Waals surface area contributed by atoms with Crippen molar-refractivity contribution in [2.45, 2.75) is 0 Å². The number of nitro groups is 1. The first-order valence-electron chi connectivity index (χ1n) is 5.09. The van der Waals surface area contributed by atoms with Gasteiger partial charge in [0.2, 0.25) is 0 Å². The Morgan fingerprint density at radius 1 is 1.24 bits per heavy atom. The Hall–Kier alpha value is -2.43. The van der Waals surface area contributed by atoms with Crippen LogP contribution in [0, 0.1) is 10.1 Å². The van der Waals surface area contributed by atoms with E-state index < -0.39 is 4.92 Å². The first kappa shape index (κ1) is 9.77. The largest absolute Gasteiger partial charge is 0.305 e. The highest BCUT2D eigenvalue weighted by atomic mass is 16.6. The molecule has 0 N–H and O–H groups in total. The number of amides is 1. The van der Waals surface area contributed by atoms with Crippen molar-refractivity contribution >= 4 is 28.1 Å². The van der Waals surface area contributed by atoms with Crippen molar-refractivity contribution in [3.63, 3.8) is 0 Å². The summed E-state index contributed by atoms with van der Waals surface area (Å²) in [5.74, 6) is -0.195. The molecule has 2 aromatic rings. The molecule has 0 atom stereocenters. The second-order valence-corrected chi connectivity index (χ2v) is 3.96. The third kappa shape index (κ3) is 1.10. The molecule has 0 fully saturated rings. The summed E-state index contributed by atoms with van der Waals surface area (Å²) in [5, 5.41) is 12.5. The van der Waals surface area contributed by atoms with E-state index in [0.29, 0.717) is 16.6 Å². The predicted octanol–water partition coefficient (Wildman–Crippen LogP) is 2.34. The molecule has 5 nitrogen and oxygen atoms in total. The van der Waals surface area contributed by atoms with E-state index in [1.54, 1.807) is 25.2 Å². The van der Waals surface area contributed by atoms with Crippen LogP contribution in [0.2, 0.25) is 0 Å². The smallest absolute Gasteiger partial charge is 0.293 e. The zero-order valence-electron chi connectivity index (χ0n) is 9.01. The zero-order valence-corrected chi connectivity index (χ0v) is 9.01. The standard InChI is InChI=1S/C12H8N2O3/c1-13-11-9(14(16)17)6-5-7-3-2-4-8(10(7)11)12(13)15/h2-6H,1H3. The summed E-state index contributed by atoms with van der Waals surface area (Å²) < 4.78 is 0. The molecular formula is C12H8N2O3. The fourth-order valence-electron chi connectivity index (χ4n) is 2.30. The minimum absolute atomic E-state index is 0.0294. The molecule has 0 bridgehead atoms. The number of hydrogen-bond donors (Lipinski definition) is 0. The first-order valence-corrected chi connectivity index (χ1v) is 5.09. The number of nitrogens with zero attached hydrogens (tertiary/aromatic N) is 2. The summed E-state index contributed by atoms with van der Waals surface area (Å²) in [7, 11) is 1.56. The van der Waals surface area contributed by atoms with Gasteiger partial charge in [-0.05, 0) is 17.5 Å². The molecule has 2 aromatic carbocycles. The van der Waals surface area contributed by atoms with Crippen molar-refractivity contribution in [2.75, 3.05) is 11.9 Å². The highest BCUT2D eigenvalue weighted by Gasteiger charge is 2.33. The highest BCUT2D eigenvalue weighted by molar-refractivity contribution is 6.26. The summed E-state index contributed by atoms with van der Waals surface area (Å²) in [5.41, 5.74) is 0.898. The van der Waals surface area contributed by atoms with Crippen LogP contribution in [0.15, 0.2) is 30.3 Å². The Bertz CT molecular complexity index is 679. The predicted molar refractivity (Wildman–Crippen MR) is 63.3 cm³/mol. The van der Waals surface area contributed by atoms with Gasteiger partial charge in [-0.15, -0.1) is 0 Å². The Labute approximate surface area is 96.4 Å². The van der Waals surface area contributed by atoms with Gasteiger partial charge in [-0.25, -0.2) is 0 Å². The monoisotopic (exact) mass is 228 g/mol. The van der Waals surface area contributed by atoms with E-state index in [1.165, 1.54) is 11.0 Å². The van der Waals surface area contributed by atoms with E-state index in [4.69, 9.17) is 0 Å². The van der Waals surface area contributed by atoms with Crippen LogP contribution in [0.25, 0.3) is 10.8 Å². The van der Waals surface area contributed by atoms with Crippen molar-refractivity contribution in [1.82, 2.24) is 0 Å². The van der Waals surface area contributed by atoms with Crippen molar-refractivity contribution < 1.29 is 9.72 Å². The van der Waals surface area contributed by atoms with Gasteiger partial charge in [-0.3, -0.25) is 14.9 Å². The van der Waals surface area contributed by atoms with E-state index >= 15 is 0 Å². The molecule has 0 aromatic heterocycles. The Morgan fingerprint density at radius 3 is 2.71 bits per heavy atom. The zero-order chi connectivity index (χ0) is 12.2. The maximum Gasteiger partial charge on any atom is 0.293 e. The number of nitro benzene ring substituents is 1. The second kappa shape index (κ2) is 3.04. The molecule has 0 aliphatic carbocycles. The van der Waals surface area contributed by atoms with Crippen molar-refractivity contribution in [1.29, 1.82) is 0 Å². The van der Waals surface area contributed by atoms with Gasteiger partial charge in [0.05, 0.1) is 10.5 Å². The fraction of sp³-hybridized carbons (Fsp3) is 0.0833. The van der Waals surface area contributed by atoms with Gasteiger partial charge in [0.25, 0.3) is 11.6 Å². The Balaban J connectivity index is 2.51. The number of rotatable bonds is 1. The summed E-state index contributed by atoms with van der Waals surface area (Å²) in [4.78, 5) is 23.8. The molecule has 0 unspecified atom stereocenters. The van der Waals surface area contributed by atoms with Gasteiger partial charge in [-0.1, -0.05) is 12.1 Å². The first-order chi connectivity index (χ1) is 8.11. The lowest BCUT2D eigenvalue weighted by Crippen LogP contribution is -2.21. The topological polar surface area (TPSA) is 63.5 Å². The molecule has 0 saturated heterocycles. The molecule has 17 heavy (non-hydrogen) atoms. The third-order valence-electron chi connectivity index (χ3n) is 3.06. The number of carbonyl (C=O) groups is 1. The fourth-order valence-corrected chi connectivity index (χ4v) is 2.30. The van der Waals surface area contributed by atoms with Crippen molar-refractivity contribution in [3.8, 4) is 0 Å². The van der Waals surface area contributed by atoms with Crippen LogP contribution in [0.5, 0.6) is 0 Å². The minimum Gasteiger partial charge on any atom is -0.305 e. The molecule has 0 radical (unpaired) electrons. The lowest BCUT2D eigenvalue weighted by molar-refractivity contribution is -0.383. The van der Waals surface area contributed by atoms with Crippen LogP contribution in [0.4, 0.5) is 11.4 Å². The SMILES string of the molecule is CN1C(=O)c2cccc3ccc([N+](=O)[O-])c1c23. The summed E-state index contributed by atoms with van der Waals surface area (Å²) in [6, 6.07) is 8.44. The Morgan fingerprint density at radius 2 is 2.00 bits per heavy atom. The molecule has 1 aliphatic heterocycles. The number of benzene rings is 2. The lowest BCUT2D eigenvalue weighted by atomic mass is 10.0. The highest BCUT2D eigenvalue weighted by Crippen LogP contribution is 2.42. The normalized spacial score (nSPS) is 13.5. The quantitative estimate of drug-likeness (QED) is 0.555. The van der Waals surface area contributed by atoms with Gasteiger partial charge < -0.3 is 4.90 Å². The summed E-state index contributed by atoms with van der Waals surface area (Å²) in [6.45, 7) is 0. The third-order valence-corrected chi connectivity index (χ3v) is 3.06. The molecule has 1 amide bonds. The molecule has 5 heteroatoms. The van der Waals surface area contributed by atoms with Gasteiger partial charge in [-0.2, -0.15) is 0 Å². The lowest BCUT2D eigenvalue weighted by Gasteiger charge is -2.09. The van der Waals surface area contributed by atoms with Crippen molar-refractivity contribution in [3.05, 3.63) is 46.0 Å². The minimum atomic E-state index is -0.458. The average Bonchev–Trinajstić information content (AvgIpc) is 2.57. The van der Waals surface area contributed by atoms with Gasteiger partial charge in [0, 0.05) is 18.5 Å². The maximum atomic E-state index is 12.0. The number of hydrogen-bond acceptors (Lipinski definition) is 3. The van der Waals surface area contributed by atoms with Crippen LogP contribution < -0.4 is 4.90 Å². The molecule has 3 rings (SSSR count). The van der Waals surface area contributed by atoms with Crippen LogP contribution >= 0.6 is 0 Å². The number of anilines is 1. The van der Waals surface area contributed by atoms with E-state index in [9.17, 15) is 14.9 Å². The molecule has 0 spiro atoms.